The normalized spacial score (nSPS) is 12.4. The lowest BCUT2D eigenvalue weighted by molar-refractivity contribution is 1.18. The smallest absolute Gasteiger partial charge is 0.148 e. The predicted molar refractivity (Wildman–Crippen MR) is 175 cm³/mol. The van der Waals surface area contributed by atoms with E-state index in [1.54, 1.807) is 0 Å². The van der Waals surface area contributed by atoms with Crippen LogP contribution in [0.2, 0.25) is 0 Å². The van der Waals surface area contributed by atoms with Crippen molar-refractivity contribution in [2.24, 2.45) is 0 Å². The maximum absolute atomic E-state index is 5.37. The van der Waals surface area contributed by atoms with E-state index in [1.165, 1.54) is 63.7 Å². The maximum atomic E-state index is 5.37. The highest BCUT2D eigenvalue weighted by Crippen LogP contribution is 2.45. The van der Waals surface area contributed by atoms with Crippen LogP contribution in [0.3, 0.4) is 0 Å². The second-order valence-corrected chi connectivity index (χ2v) is 11.8. The van der Waals surface area contributed by atoms with Crippen LogP contribution in [0.25, 0.3) is 86.0 Å². The summed E-state index contributed by atoms with van der Waals surface area (Å²) in [6.07, 6.45) is 0. The van der Waals surface area contributed by atoms with Gasteiger partial charge in [-0.15, -0.1) is 11.3 Å². The van der Waals surface area contributed by atoms with Crippen LogP contribution < -0.4 is 0 Å². The third-order valence-electron chi connectivity index (χ3n) is 8.67. The number of aromatic nitrogens is 3. The minimum atomic E-state index is 1.00. The molecule has 0 radical (unpaired) electrons. The molecule has 4 aromatic heterocycles. The lowest BCUT2D eigenvalue weighted by Crippen LogP contribution is -1.97. The van der Waals surface area contributed by atoms with Crippen molar-refractivity contribution in [2.45, 2.75) is 0 Å². The molecule has 0 spiro atoms. The first-order chi connectivity index (χ1) is 20.4. The molecule has 10 aromatic rings. The van der Waals surface area contributed by atoms with Crippen LogP contribution in [0.15, 0.2) is 127 Å². The lowest BCUT2D eigenvalue weighted by atomic mass is 10.00. The van der Waals surface area contributed by atoms with Crippen LogP contribution in [0, 0.1) is 0 Å². The molecule has 4 heterocycles. The molecule has 10 rings (SSSR count). The number of rotatable bonds is 1. The highest BCUT2D eigenvalue weighted by Gasteiger charge is 2.22. The van der Waals surface area contributed by atoms with Crippen molar-refractivity contribution in [3.63, 3.8) is 0 Å². The molecule has 0 aliphatic heterocycles. The van der Waals surface area contributed by atoms with Gasteiger partial charge in [0.1, 0.15) is 5.65 Å². The maximum Gasteiger partial charge on any atom is 0.148 e. The van der Waals surface area contributed by atoms with Gasteiger partial charge in [-0.05, 0) is 47.9 Å². The highest BCUT2D eigenvalue weighted by atomic mass is 32.1. The van der Waals surface area contributed by atoms with Crippen LogP contribution >= 0.6 is 11.3 Å². The molecule has 0 amide bonds. The predicted octanol–water partition coefficient (Wildman–Crippen LogP) is 10.3. The van der Waals surface area contributed by atoms with Crippen LogP contribution in [-0.4, -0.2) is 14.0 Å². The second-order valence-electron chi connectivity index (χ2n) is 10.8. The summed E-state index contributed by atoms with van der Waals surface area (Å²) >= 11 is 1.87. The van der Waals surface area contributed by atoms with Gasteiger partial charge in [-0.3, -0.25) is 4.40 Å². The fourth-order valence-electron chi connectivity index (χ4n) is 7.02. The Morgan fingerprint density at radius 3 is 2.05 bits per heavy atom. The molecule has 4 heteroatoms. The van der Waals surface area contributed by atoms with E-state index in [-0.39, 0.29) is 0 Å². The Hall–Kier alpha value is -5.19. The Balaban J connectivity index is 1.57. The minimum Gasteiger partial charge on any atom is -0.308 e. The van der Waals surface area contributed by atoms with Crippen molar-refractivity contribution in [3.8, 4) is 5.69 Å². The summed E-state index contributed by atoms with van der Waals surface area (Å²) in [6, 6.07) is 46.1. The van der Waals surface area contributed by atoms with Gasteiger partial charge >= 0.3 is 0 Å². The van der Waals surface area contributed by atoms with E-state index in [9.17, 15) is 0 Å². The summed E-state index contributed by atoms with van der Waals surface area (Å²) in [7, 11) is 0. The van der Waals surface area contributed by atoms with Gasteiger partial charge in [0.2, 0.25) is 0 Å². The standard InChI is InChI=1S/C37H21N3S/c1-2-10-22(11-3-1)39-29-15-7-4-12-23(29)25-19-18-24-26-20-21-32-33(27-13-5-9-17-31(27)41-32)35(26)40-30-16-8-6-14-28(30)38-37(40)34(24)36(25)39/h1-21H. The topological polar surface area (TPSA) is 22.2 Å². The van der Waals surface area contributed by atoms with Crippen LogP contribution in [0.5, 0.6) is 0 Å². The van der Waals surface area contributed by atoms with Gasteiger partial charge in [0.15, 0.2) is 0 Å². The van der Waals surface area contributed by atoms with Crippen molar-refractivity contribution < 1.29 is 0 Å². The summed E-state index contributed by atoms with van der Waals surface area (Å²) in [5.41, 5.74) is 7.94. The molecule has 0 saturated carbocycles. The molecule has 0 aliphatic rings. The number of hydrogen-bond donors (Lipinski definition) is 0. The fraction of sp³-hybridized carbons (Fsp3) is 0. The molecule has 190 valence electrons. The van der Waals surface area contributed by atoms with Gasteiger partial charge in [0.05, 0.1) is 33.0 Å². The molecule has 41 heavy (non-hydrogen) atoms. The molecule has 0 atom stereocenters. The molecule has 0 fully saturated rings. The zero-order valence-corrected chi connectivity index (χ0v) is 22.7. The Labute approximate surface area is 238 Å². The van der Waals surface area contributed by atoms with Crippen molar-refractivity contribution in [1.29, 1.82) is 0 Å². The first kappa shape index (κ1) is 21.6. The number of imidazole rings is 1. The highest BCUT2D eigenvalue weighted by molar-refractivity contribution is 7.26. The largest absolute Gasteiger partial charge is 0.308 e. The number of pyridine rings is 1. The number of benzene rings is 6. The SMILES string of the molecule is c1ccc(-n2c3ccccc3c3ccc4c5ccc6sc7ccccc7c6c5n5c6ccccc6nc5c4c32)cc1. The van der Waals surface area contributed by atoms with E-state index >= 15 is 0 Å². The van der Waals surface area contributed by atoms with E-state index in [1.807, 2.05) is 11.3 Å². The van der Waals surface area contributed by atoms with Crippen molar-refractivity contribution in [3.05, 3.63) is 127 Å². The van der Waals surface area contributed by atoms with Gasteiger partial charge in [-0.1, -0.05) is 84.9 Å². The van der Waals surface area contributed by atoms with Crippen LogP contribution in [0.1, 0.15) is 0 Å². The van der Waals surface area contributed by atoms with Gasteiger partial charge in [0, 0.05) is 42.0 Å². The summed E-state index contributed by atoms with van der Waals surface area (Å²) in [5, 5.41) is 8.77. The molecule has 0 aliphatic carbocycles. The Morgan fingerprint density at radius 1 is 0.463 bits per heavy atom. The Bertz CT molecular complexity index is 2690. The molecule has 0 bridgehead atoms. The quantitative estimate of drug-likeness (QED) is 0.190. The number of thiophene rings is 1. The van der Waals surface area contributed by atoms with E-state index in [2.05, 4.69) is 136 Å². The van der Waals surface area contributed by atoms with Gasteiger partial charge in [0.25, 0.3) is 0 Å². The number of nitrogens with zero attached hydrogens (tertiary/aromatic N) is 3. The summed E-state index contributed by atoms with van der Waals surface area (Å²) in [4.78, 5) is 5.37. The average Bonchev–Trinajstić information content (AvgIpc) is 3.71. The zero-order valence-electron chi connectivity index (χ0n) is 21.9. The van der Waals surface area contributed by atoms with E-state index < -0.39 is 0 Å². The van der Waals surface area contributed by atoms with Gasteiger partial charge in [-0.25, -0.2) is 4.98 Å². The third kappa shape index (κ3) is 2.70. The van der Waals surface area contributed by atoms with Crippen molar-refractivity contribution in [2.75, 3.05) is 0 Å². The molecule has 0 saturated heterocycles. The molecular formula is C37H21N3S. The molecule has 3 nitrogen and oxygen atoms in total. The molecular weight excluding hydrogens is 518 g/mol. The summed E-state index contributed by atoms with van der Waals surface area (Å²) < 4.78 is 7.47. The van der Waals surface area contributed by atoms with Crippen LogP contribution in [-0.2, 0) is 0 Å². The molecule has 0 N–H and O–H groups in total. The number of hydrogen-bond acceptors (Lipinski definition) is 2. The second kappa shape index (κ2) is 7.72. The average molecular weight is 540 g/mol. The van der Waals surface area contributed by atoms with Crippen LogP contribution in [0.4, 0.5) is 0 Å². The minimum absolute atomic E-state index is 1.00. The Kier molecular flexibility index (Phi) is 4.07. The molecule has 0 unspecified atom stereocenters. The lowest BCUT2D eigenvalue weighted by Gasteiger charge is -2.14. The van der Waals surface area contributed by atoms with Crippen molar-refractivity contribution in [1.82, 2.24) is 14.0 Å². The van der Waals surface area contributed by atoms with E-state index in [0.29, 0.717) is 0 Å². The summed E-state index contributed by atoms with van der Waals surface area (Å²) in [5.74, 6) is 0. The van der Waals surface area contributed by atoms with Crippen molar-refractivity contribution >= 4 is 91.7 Å². The monoisotopic (exact) mass is 539 g/mol. The zero-order chi connectivity index (χ0) is 26.7. The fourth-order valence-corrected chi connectivity index (χ4v) is 8.13. The van der Waals surface area contributed by atoms with Gasteiger partial charge < -0.3 is 4.57 Å². The molecule has 6 aromatic carbocycles. The number of fused-ring (bicyclic) bond motifs is 16. The first-order valence-corrected chi connectivity index (χ1v) is 14.7. The van der Waals surface area contributed by atoms with E-state index in [4.69, 9.17) is 4.98 Å². The number of para-hydroxylation sites is 4. The third-order valence-corrected chi connectivity index (χ3v) is 9.80. The van der Waals surface area contributed by atoms with Gasteiger partial charge in [-0.2, -0.15) is 0 Å². The Morgan fingerprint density at radius 2 is 1.15 bits per heavy atom. The first-order valence-electron chi connectivity index (χ1n) is 13.9. The van der Waals surface area contributed by atoms with E-state index in [0.717, 1.165) is 22.4 Å². The summed E-state index contributed by atoms with van der Waals surface area (Å²) in [6.45, 7) is 0.